The highest BCUT2D eigenvalue weighted by Gasteiger charge is 2.61. The summed E-state index contributed by atoms with van der Waals surface area (Å²) < 4.78 is 5.93. The fourth-order valence-corrected chi connectivity index (χ4v) is 3.05. The molecule has 1 fully saturated rings. The topological polar surface area (TPSA) is 26.3 Å². The van der Waals surface area contributed by atoms with Crippen LogP contribution in [0.2, 0.25) is 0 Å². The summed E-state index contributed by atoms with van der Waals surface area (Å²) >= 11 is 0. The molecule has 2 heteroatoms. The van der Waals surface area contributed by atoms with Crippen molar-refractivity contribution >= 4 is 5.97 Å². The second-order valence-corrected chi connectivity index (χ2v) is 7.41. The number of esters is 1. The quantitative estimate of drug-likeness (QED) is 0.697. The van der Waals surface area contributed by atoms with Gasteiger partial charge in [0, 0.05) is 5.41 Å². The zero-order valence-electron chi connectivity index (χ0n) is 13.4. The van der Waals surface area contributed by atoms with Crippen LogP contribution >= 0.6 is 0 Å². The molecule has 0 saturated heterocycles. The Morgan fingerprint density at radius 1 is 1.28 bits per heavy atom. The van der Waals surface area contributed by atoms with Crippen molar-refractivity contribution in [3.63, 3.8) is 0 Å². The first-order chi connectivity index (χ1) is 7.99. The molecule has 1 aliphatic rings. The predicted octanol–water partition coefficient (Wildman–Crippen LogP) is 4.43. The number of hydrogen-bond donors (Lipinski definition) is 0. The van der Waals surface area contributed by atoms with Gasteiger partial charge in [-0.1, -0.05) is 48.5 Å². The van der Waals surface area contributed by atoms with Crippen molar-refractivity contribution in [2.24, 2.45) is 22.7 Å². The standard InChI is InChI=1S/C16H30O2/c1-9-11(2)13(17)18-16(8)10-12(3)14(4,5)15(16,6)7/h11-12H,9-10H2,1-8H3. The Morgan fingerprint density at radius 2 is 1.78 bits per heavy atom. The van der Waals surface area contributed by atoms with Gasteiger partial charge in [0.1, 0.15) is 5.60 Å². The Kier molecular flexibility index (Phi) is 3.92. The van der Waals surface area contributed by atoms with Crippen LogP contribution in [-0.2, 0) is 9.53 Å². The van der Waals surface area contributed by atoms with Gasteiger partial charge in [0.25, 0.3) is 0 Å². The lowest BCUT2D eigenvalue weighted by atomic mass is 9.63. The fourth-order valence-electron chi connectivity index (χ4n) is 3.05. The molecule has 18 heavy (non-hydrogen) atoms. The third-order valence-electron chi connectivity index (χ3n) is 6.20. The van der Waals surface area contributed by atoms with Crippen molar-refractivity contribution in [2.75, 3.05) is 0 Å². The number of carbonyl (C=O) groups is 1. The average molecular weight is 254 g/mol. The highest BCUT2D eigenvalue weighted by atomic mass is 16.6. The molecule has 1 aliphatic carbocycles. The lowest BCUT2D eigenvalue weighted by molar-refractivity contribution is -0.176. The van der Waals surface area contributed by atoms with Crippen molar-refractivity contribution in [3.8, 4) is 0 Å². The molecule has 0 N–H and O–H groups in total. The van der Waals surface area contributed by atoms with Gasteiger partial charge < -0.3 is 4.74 Å². The third kappa shape index (κ3) is 2.08. The van der Waals surface area contributed by atoms with E-state index < -0.39 is 0 Å². The van der Waals surface area contributed by atoms with Crippen LogP contribution in [0.25, 0.3) is 0 Å². The van der Waals surface area contributed by atoms with E-state index in [2.05, 4.69) is 41.5 Å². The molecule has 0 aromatic carbocycles. The summed E-state index contributed by atoms with van der Waals surface area (Å²) in [5.74, 6) is 0.511. The molecule has 106 valence electrons. The molecule has 1 saturated carbocycles. The number of carbonyl (C=O) groups excluding carboxylic acids is 1. The molecule has 0 heterocycles. The molecule has 0 aromatic rings. The first-order valence-corrected chi connectivity index (χ1v) is 7.22. The summed E-state index contributed by atoms with van der Waals surface area (Å²) in [6.45, 7) is 17.4. The lowest BCUT2D eigenvalue weighted by Crippen LogP contribution is -2.47. The summed E-state index contributed by atoms with van der Waals surface area (Å²) in [6, 6.07) is 0. The van der Waals surface area contributed by atoms with Crippen molar-refractivity contribution < 1.29 is 9.53 Å². The molecule has 3 atom stereocenters. The average Bonchev–Trinajstić information content (AvgIpc) is 2.36. The second kappa shape index (κ2) is 4.54. The van der Waals surface area contributed by atoms with E-state index in [0.717, 1.165) is 12.8 Å². The molecular formula is C16H30O2. The largest absolute Gasteiger partial charge is 0.459 e. The van der Waals surface area contributed by atoms with Crippen molar-refractivity contribution in [2.45, 2.75) is 73.8 Å². The Balaban J connectivity index is 2.98. The second-order valence-electron chi connectivity index (χ2n) is 7.41. The molecule has 0 spiro atoms. The zero-order valence-corrected chi connectivity index (χ0v) is 13.4. The van der Waals surface area contributed by atoms with E-state index in [-0.39, 0.29) is 28.3 Å². The Bertz CT molecular complexity index is 330. The van der Waals surface area contributed by atoms with E-state index in [4.69, 9.17) is 4.74 Å². The van der Waals surface area contributed by atoms with E-state index >= 15 is 0 Å². The van der Waals surface area contributed by atoms with Gasteiger partial charge >= 0.3 is 5.97 Å². The molecule has 1 rings (SSSR count). The van der Waals surface area contributed by atoms with Crippen LogP contribution in [0.3, 0.4) is 0 Å². The minimum Gasteiger partial charge on any atom is -0.459 e. The van der Waals surface area contributed by atoms with Crippen LogP contribution in [-0.4, -0.2) is 11.6 Å². The van der Waals surface area contributed by atoms with Gasteiger partial charge in [-0.2, -0.15) is 0 Å². The van der Waals surface area contributed by atoms with Crippen LogP contribution < -0.4 is 0 Å². The molecule has 0 aromatic heterocycles. The molecular weight excluding hydrogens is 224 g/mol. The Morgan fingerprint density at radius 3 is 2.11 bits per heavy atom. The van der Waals surface area contributed by atoms with Crippen LogP contribution in [0.5, 0.6) is 0 Å². The number of rotatable bonds is 3. The van der Waals surface area contributed by atoms with Gasteiger partial charge in [-0.15, -0.1) is 0 Å². The number of ether oxygens (including phenoxy) is 1. The number of hydrogen-bond acceptors (Lipinski definition) is 2. The summed E-state index contributed by atoms with van der Waals surface area (Å²) in [5, 5.41) is 0. The van der Waals surface area contributed by atoms with Crippen LogP contribution in [0, 0.1) is 22.7 Å². The summed E-state index contributed by atoms with van der Waals surface area (Å²) in [4.78, 5) is 12.1. The van der Waals surface area contributed by atoms with E-state index in [1.165, 1.54) is 0 Å². The van der Waals surface area contributed by atoms with Crippen LogP contribution in [0.1, 0.15) is 68.2 Å². The van der Waals surface area contributed by atoms with Gasteiger partial charge in [-0.05, 0) is 31.1 Å². The van der Waals surface area contributed by atoms with Crippen molar-refractivity contribution in [3.05, 3.63) is 0 Å². The molecule has 0 radical (unpaired) electrons. The highest BCUT2D eigenvalue weighted by Crippen LogP contribution is 2.62. The smallest absolute Gasteiger partial charge is 0.309 e. The zero-order chi connectivity index (χ0) is 14.4. The first-order valence-electron chi connectivity index (χ1n) is 7.22. The minimum absolute atomic E-state index is 0.00311. The van der Waals surface area contributed by atoms with Gasteiger partial charge in [-0.25, -0.2) is 0 Å². The van der Waals surface area contributed by atoms with Crippen LogP contribution in [0.15, 0.2) is 0 Å². The minimum atomic E-state index is -0.351. The molecule has 0 amide bonds. The van der Waals surface area contributed by atoms with Gasteiger partial charge in [0.15, 0.2) is 0 Å². The maximum absolute atomic E-state index is 12.1. The van der Waals surface area contributed by atoms with Crippen LogP contribution in [0.4, 0.5) is 0 Å². The van der Waals surface area contributed by atoms with Crippen molar-refractivity contribution in [1.82, 2.24) is 0 Å². The third-order valence-corrected chi connectivity index (χ3v) is 6.20. The predicted molar refractivity (Wildman–Crippen MR) is 75.3 cm³/mol. The fraction of sp³-hybridized carbons (Fsp3) is 0.938. The normalized spacial score (nSPS) is 35.2. The monoisotopic (exact) mass is 254 g/mol. The molecule has 2 nitrogen and oxygen atoms in total. The van der Waals surface area contributed by atoms with E-state index in [1.807, 2.05) is 13.8 Å². The van der Waals surface area contributed by atoms with Crippen molar-refractivity contribution in [1.29, 1.82) is 0 Å². The molecule has 3 unspecified atom stereocenters. The highest BCUT2D eigenvalue weighted by molar-refractivity contribution is 5.72. The van der Waals surface area contributed by atoms with E-state index in [1.54, 1.807) is 0 Å². The first kappa shape index (κ1) is 15.5. The summed E-state index contributed by atoms with van der Waals surface area (Å²) in [6.07, 6.45) is 1.80. The SMILES string of the molecule is CCC(C)C(=O)OC1(C)CC(C)C(C)(C)C1(C)C. The Labute approximate surface area is 112 Å². The van der Waals surface area contributed by atoms with E-state index in [9.17, 15) is 4.79 Å². The van der Waals surface area contributed by atoms with Gasteiger partial charge in [-0.3, -0.25) is 4.79 Å². The maximum atomic E-state index is 12.1. The summed E-state index contributed by atoms with van der Waals surface area (Å²) in [7, 11) is 0. The maximum Gasteiger partial charge on any atom is 0.309 e. The van der Waals surface area contributed by atoms with E-state index in [0.29, 0.717) is 5.92 Å². The lowest BCUT2D eigenvalue weighted by Gasteiger charge is -2.45. The molecule has 0 aliphatic heterocycles. The van der Waals surface area contributed by atoms with Gasteiger partial charge in [0.05, 0.1) is 5.92 Å². The van der Waals surface area contributed by atoms with Gasteiger partial charge in [0.2, 0.25) is 0 Å². The summed E-state index contributed by atoms with van der Waals surface area (Å²) in [5.41, 5.74) is -0.184. The Hall–Kier alpha value is -0.530. The molecule has 0 bridgehead atoms.